The molecule has 2 N–H and O–H groups in total. The highest BCUT2D eigenvalue weighted by atomic mass is 19.3. The van der Waals surface area contributed by atoms with Gasteiger partial charge in [-0.2, -0.15) is 0 Å². The molecule has 3 rings (SSSR count). The third-order valence-electron chi connectivity index (χ3n) is 4.42. The molecule has 2 aromatic rings. The van der Waals surface area contributed by atoms with Crippen LogP contribution in [0.3, 0.4) is 0 Å². The van der Waals surface area contributed by atoms with Gasteiger partial charge < -0.3 is 10.6 Å². The van der Waals surface area contributed by atoms with E-state index in [2.05, 4.69) is 10.6 Å². The van der Waals surface area contributed by atoms with Crippen LogP contribution >= 0.6 is 0 Å². The van der Waals surface area contributed by atoms with Crippen LogP contribution in [0.4, 0.5) is 18.9 Å². The highest BCUT2D eigenvalue weighted by Gasteiger charge is 2.41. The van der Waals surface area contributed by atoms with Crippen LogP contribution < -0.4 is 10.6 Å². The monoisotopic (exact) mass is 362 g/mol. The first-order valence-corrected chi connectivity index (χ1v) is 8.09. The predicted molar refractivity (Wildman–Crippen MR) is 90.3 cm³/mol. The van der Waals surface area contributed by atoms with Gasteiger partial charge >= 0.3 is 0 Å². The lowest BCUT2D eigenvalue weighted by molar-refractivity contribution is -0.130. The number of hydrogen-bond acceptors (Lipinski definition) is 2. The van der Waals surface area contributed by atoms with E-state index < -0.39 is 35.4 Å². The summed E-state index contributed by atoms with van der Waals surface area (Å²) >= 11 is 0. The minimum absolute atomic E-state index is 0.0372. The van der Waals surface area contributed by atoms with Crippen molar-refractivity contribution in [2.75, 3.05) is 11.9 Å². The van der Waals surface area contributed by atoms with E-state index in [0.717, 1.165) is 6.92 Å². The van der Waals surface area contributed by atoms with Crippen LogP contribution in [0.15, 0.2) is 48.5 Å². The normalized spacial score (nSPS) is 19.9. The third kappa shape index (κ3) is 3.56. The smallest absolute Gasteiger partial charge is 0.270 e. The molecule has 0 spiro atoms. The highest BCUT2D eigenvalue weighted by Crippen LogP contribution is 2.34. The molecule has 0 aliphatic carbocycles. The lowest BCUT2D eigenvalue weighted by Crippen LogP contribution is -2.32. The van der Waals surface area contributed by atoms with Crippen LogP contribution in [0.2, 0.25) is 0 Å². The molecule has 26 heavy (non-hydrogen) atoms. The maximum atomic E-state index is 13.7. The second kappa shape index (κ2) is 6.82. The van der Waals surface area contributed by atoms with Gasteiger partial charge in [-0.05, 0) is 23.8 Å². The first kappa shape index (κ1) is 18.0. The van der Waals surface area contributed by atoms with E-state index in [-0.39, 0.29) is 17.8 Å². The summed E-state index contributed by atoms with van der Waals surface area (Å²) in [5.74, 6) is -6.59. The Bertz CT molecular complexity index is 849. The van der Waals surface area contributed by atoms with E-state index in [0.29, 0.717) is 5.56 Å². The highest BCUT2D eigenvalue weighted by molar-refractivity contribution is 6.08. The van der Waals surface area contributed by atoms with E-state index in [1.807, 2.05) is 0 Å². The molecule has 1 fully saturated rings. The number of nitrogens with one attached hydrogen (secondary N) is 2. The van der Waals surface area contributed by atoms with Gasteiger partial charge in [0.1, 0.15) is 11.7 Å². The predicted octanol–water partition coefficient (Wildman–Crippen LogP) is 3.41. The van der Waals surface area contributed by atoms with Crippen LogP contribution in [0.5, 0.6) is 0 Å². The van der Waals surface area contributed by atoms with E-state index in [4.69, 9.17) is 0 Å². The van der Waals surface area contributed by atoms with E-state index in [1.54, 1.807) is 12.1 Å². The van der Waals surface area contributed by atoms with E-state index in [1.165, 1.54) is 36.4 Å². The molecular formula is C19H17F3N2O2. The Morgan fingerprint density at radius 2 is 1.92 bits per heavy atom. The summed E-state index contributed by atoms with van der Waals surface area (Å²) in [4.78, 5) is 24.7. The molecule has 2 amide bonds. The van der Waals surface area contributed by atoms with Gasteiger partial charge in [-0.1, -0.05) is 30.3 Å². The van der Waals surface area contributed by atoms with Crippen LogP contribution in [0.25, 0.3) is 0 Å². The molecule has 1 saturated heterocycles. The van der Waals surface area contributed by atoms with Crippen molar-refractivity contribution in [3.8, 4) is 0 Å². The molecule has 1 aliphatic heterocycles. The topological polar surface area (TPSA) is 58.2 Å². The maximum Gasteiger partial charge on any atom is 0.270 e. The van der Waals surface area contributed by atoms with Gasteiger partial charge in [-0.15, -0.1) is 0 Å². The van der Waals surface area contributed by atoms with E-state index in [9.17, 15) is 22.8 Å². The number of carbonyl (C=O) groups excluding carboxylic acids is 2. The number of halogens is 3. The van der Waals surface area contributed by atoms with Gasteiger partial charge in [-0.3, -0.25) is 9.59 Å². The second-order valence-electron chi connectivity index (χ2n) is 6.31. The number of rotatable bonds is 4. The van der Waals surface area contributed by atoms with Crippen LogP contribution in [-0.4, -0.2) is 18.4 Å². The number of hydrogen-bond donors (Lipinski definition) is 2. The largest absolute Gasteiger partial charge is 0.355 e. The number of para-hydroxylation sites is 1. The van der Waals surface area contributed by atoms with E-state index >= 15 is 0 Å². The standard InChI is InChI=1S/C19H17F3N2O2/c1-19(21,22)12-6-4-5-11(9-12)13-10-23-17(25)16(13)18(26)24-15-8-3-2-7-14(15)20/h2-9,13,16H,10H2,1H3,(H,23,25)(H,24,26)/t13-,16-/m1/s1. The number of amides is 2. The van der Waals surface area contributed by atoms with Crippen molar-refractivity contribution < 1.29 is 22.8 Å². The summed E-state index contributed by atoms with van der Waals surface area (Å²) in [6, 6.07) is 11.3. The molecule has 2 aromatic carbocycles. The third-order valence-corrected chi connectivity index (χ3v) is 4.42. The molecule has 2 atom stereocenters. The number of alkyl halides is 2. The summed E-state index contributed by atoms with van der Waals surface area (Å²) in [5, 5.41) is 4.98. The van der Waals surface area contributed by atoms with Gasteiger partial charge in [0.2, 0.25) is 11.8 Å². The lowest BCUT2D eigenvalue weighted by Gasteiger charge is -2.19. The van der Waals surface area contributed by atoms with Crippen molar-refractivity contribution in [1.82, 2.24) is 5.32 Å². The van der Waals surface area contributed by atoms with Gasteiger partial charge in [-0.25, -0.2) is 13.2 Å². The number of anilines is 1. The van der Waals surface area contributed by atoms with Crippen molar-refractivity contribution in [3.05, 3.63) is 65.5 Å². The minimum atomic E-state index is -3.03. The van der Waals surface area contributed by atoms with Crippen molar-refractivity contribution in [2.24, 2.45) is 5.92 Å². The van der Waals surface area contributed by atoms with Crippen molar-refractivity contribution in [3.63, 3.8) is 0 Å². The first-order chi connectivity index (χ1) is 12.3. The summed E-state index contributed by atoms with van der Waals surface area (Å²) in [6.07, 6.45) is 0. The molecule has 0 saturated carbocycles. The van der Waals surface area contributed by atoms with Gasteiger partial charge in [0.15, 0.2) is 0 Å². The average Bonchev–Trinajstić information content (AvgIpc) is 2.98. The maximum absolute atomic E-state index is 13.7. The van der Waals surface area contributed by atoms with Gasteiger partial charge in [0.05, 0.1) is 5.69 Å². The summed E-state index contributed by atoms with van der Waals surface area (Å²) in [6.45, 7) is 0.930. The van der Waals surface area contributed by atoms with Crippen molar-refractivity contribution in [2.45, 2.75) is 18.8 Å². The van der Waals surface area contributed by atoms with Gasteiger partial charge in [0.25, 0.3) is 5.92 Å². The molecule has 1 heterocycles. The molecule has 0 unspecified atom stereocenters. The second-order valence-corrected chi connectivity index (χ2v) is 6.31. The van der Waals surface area contributed by atoms with Crippen LogP contribution in [0.1, 0.15) is 24.0 Å². The fraction of sp³-hybridized carbons (Fsp3) is 0.263. The Kier molecular flexibility index (Phi) is 4.71. The molecule has 1 aliphatic rings. The zero-order chi connectivity index (χ0) is 18.9. The van der Waals surface area contributed by atoms with Gasteiger partial charge in [0, 0.05) is 24.9 Å². The number of carbonyl (C=O) groups is 2. The Morgan fingerprint density at radius 3 is 2.62 bits per heavy atom. The Labute approximate surface area is 148 Å². The molecule has 0 radical (unpaired) electrons. The average molecular weight is 362 g/mol. The zero-order valence-corrected chi connectivity index (χ0v) is 13.9. The first-order valence-electron chi connectivity index (χ1n) is 8.09. The zero-order valence-electron chi connectivity index (χ0n) is 13.9. The minimum Gasteiger partial charge on any atom is -0.355 e. The molecule has 0 bridgehead atoms. The van der Waals surface area contributed by atoms with Crippen molar-refractivity contribution in [1.29, 1.82) is 0 Å². The number of benzene rings is 2. The Morgan fingerprint density at radius 1 is 1.19 bits per heavy atom. The van der Waals surface area contributed by atoms with Crippen LogP contribution in [-0.2, 0) is 15.5 Å². The molecule has 136 valence electrons. The summed E-state index contributed by atoms with van der Waals surface area (Å²) in [5.41, 5.74) is 0.225. The summed E-state index contributed by atoms with van der Waals surface area (Å²) in [7, 11) is 0. The van der Waals surface area contributed by atoms with Crippen molar-refractivity contribution >= 4 is 17.5 Å². The Balaban J connectivity index is 1.87. The lowest BCUT2D eigenvalue weighted by atomic mass is 9.86. The fourth-order valence-electron chi connectivity index (χ4n) is 3.05. The fourth-order valence-corrected chi connectivity index (χ4v) is 3.05. The quantitative estimate of drug-likeness (QED) is 0.819. The molecule has 4 nitrogen and oxygen atoms in total. The molecular weight excluding hydrogens is 345 g/mol. The SMILES string of the molecule is CC(F)(F)c1cccc([C@H]2CNC(=O)[C@@H]2C(=O)Nc2ccccc2F)c1. The Hall–Kier alpha value is -2.83. The van der Waals surface area contributed by atoms with Crippen LogP contribution in [0, 0.1) is 11.7 Å². The summed E-state index contributed by atoms with van der Waals surface area (Å²) < 4.78 is 40.9. The molecule has 7 heteroatoms. The molecule has 0 aromatic heterocycles.